The van der Waals surface area contributed by atoms with Gasteiger partial charge < -0.3 is 15.1 Å². The fraction of sp³-hybridized carbons (Fsp3) is 0.500. The molecule has 1 aromatic heterocycles. The molecule has 1 aliphatic rings. The third-order valence-electron chi connectivity index (χ3n) is 4.85. The first-order valence-electron chi connectivity index (χ1n) is 9.64. The lowest BCUT2D eigenvalue weighted by atomic mass is 10.1. The summed E-state index contributed by atoms with van der Waals surface area (Å²) in [4.78, 5) is 13.2. The molecule has 0 aliphatic carbocycles. The number of benzene rings is 1. The second kappa shape index (κ2) is 9.47. The molecule has 0 radical (unpaired) electrons. The SMILES string of the molecule is CN=C(NCCc1csc(N2CCCC2)n1)N(C)Cc1ccc(C(F)(F)F)cc1. The number of rotatable bonds is 6. The summed E-state index contributed by atoms with van der Waals surface area (Å²) in [5, 5.41) is 6.50. The fourth-order valence-corrected chi connectivity index (χ4v) is 4.21. The molecule has 9 heteroatoms. The number of alkyl halides is 3. The number of nitrogens with one attached hydrogen (secondary N) is 1. The van der Waals surface area contributed by atoms with Crippen molar-refractivity contribution in [2.24, 2.45) is 4.99 Å². The summed E-state index contributed by atoms with van der Waals surface area (Å²) in [7, 11) is 3.56. The quantitative estimate of drug-likeness (QED) is 0.561. The minimum Gasteiger partial charge on any atom is -0.356 e. The van der Waals surface area contributed by atoms with Crippen molar-refractivity contribution < 1.29 is 13.2 Å². The maximum absolute atomic E-state index is 12.7. The van der Waals surface area contributed by atoms with Gasteiger partial charge in [0.1, 0.15) is 0 Å². The molecule has 0 spiro atoms. The van der Waals surface area contributed by atoms with Gasteiger partial charge in [0.05, 0.1) is 11.3 Å². The van der Waals surface area contributed by atoms with Crippen LogP contribution in [0.25, 0.3) is 0 Å². The lowest BCUT2D eigenvalue weighted by Gasteiger charge is -2.22. The average Bonchev–Trinajstić information content (AvgIpc) is 3.36. The van der Waals surface area contributed by atoms with E-state index in [1.807, 2.05) is 11.9 Å². The summed E-state index contributed by atoms with van der Waals surface area (Å²) in [5.41, 5.74) is 1.21. The number of nitrogens with zero attached hydrogens (tertiary/aromatic N) is 4. The van der Waals surface area contributed by atoms with Gasteiger partial charge in [-0.2, -0.15) is 13.2 Å². The van der Waals surface area contributed by atoms with Crippen LogP contribution in [0.4, 0.5) is 18.3 Å². The lowest BCUT2D eigenvalue weighted by Crippen LogP contribution is -2.39. The van der Waals surface area contributed by atoms with E-state index in [4.69, 9.17) is 4.98 Å². The number of aromatic nitrogens is 1. The number of hydrogen-bond donors (Lipinski definition) is 1. The molecule has 3 rings (SSSR count). The van der Waals surface area contributed by atoms with Crippen LogP contribution in [0.15, 0.2) is 34.6 Å². The highest BCUT2D eigenvalue weighted by Crippen LogP contribution is 2.29. The van der Waals surface area contributed by atoms with E-state index in [9.17, 15) is 13.2 Å². The Morgan fingerprint density at radius 3 is 2.55 bits per heavy atom. The summed E-state index contributed by atoms with van der Waals surface area (Å²) < 4.78 is 38.1. The Morgan fingerprint density at radius 2 is 1.93 bits per heavy atom. The van der Waals surface area contributed by atoms with E-state index >= 15 is 0 Å². The lowest BCUT2D eigenvalue weighted by molar-refractivity contribution is -0.137. The maximum Gasteiger partial charge on any atom is 0.416 e. The smallest absolute Gasteiger partial charge is 0.356 e. The number of halogens is 3. The summed E-state index contributed by atoms with van der Waals surface area (Å²) >= 11 is 1.69. The molecule has 0 amide bonds. The summed E-state index contributed by atoms with van der Waals surface area (Å²) in [6, 6.07) is 5.22. The highest BCUT2D eigenvalue weighted by atomic mass is 32.1. The number of guanidine groups is 1. The largest absolute Gasteiger partial charge is 0.416 e. The van der Waals surface area contributed by atoms with Crippen LogP contribution in [0.3, 0.4) is 0 Å². The van der Waals surface area contributed by atoms with Crippen molar-refractivity contribution >= 4 is 22.4 Å². The zero-order chi connectivity index (χ0) is 20.9. The Bertz CT molecular complexity index is 810. The Kier molecular flexibility index (Phi) is 7.00. The minimum absolute atomic E-state index is 0.466. The van der Waals surface area contributed by atoms with E-state index < -0.39 is 11.7 Å². The molecular formula is C20H26F3N5S. The van der Waals surface area contributed by atoms with Crippen molar-refractivity contribution in [2.45, 2.75) is 32.0 Å². The van der Waals surface area contributed by atoms with Crippen molar-refractivity contribution in [2.75, 3.05) is 38.6 Å². The maximum atomic E-state index is 12.7. The van der Waals surface area contributed by atoms with Crippen molar-refractivity contribution in [3.63, 3.8) is 0 Å². The molecule has 1 aromatic carbocycles. The van der Waals surface area contributed by atoms with Crippen LogP contribution in [0.1, 0.15) is 29.7 Å². The molecule has 158 valence electrons. The molecule has 29 heavy (non-hydrogen) atoms. The highest BCUT2D eigenvalue weighted by Gasteiger charge is 2.29. The number of thiazole rings is 1. The first kappa shape index (κ1) is 21.4. The molecule has 1 fully saturated rings. The van der Waals surface area contributed by atoms with E-state index in [0.717, 1.165) is 48.0 Å². The van der Waals surface area contributed by atoms with Gasteiger partial charge in [0.15, 0.2) is 11.1 Å². The predicted molar refractivity (Wildman–Crippen MR) is 112 cm³/mol. The highest BCUT2D eigenvalue weighted by molar-refractivity contribution is 7.13. The first-order valence-corrected chi connectivity index (χ1v) is 10.5. The molecule has 2 heterocycles. The molecule has 2 aromatic rings. The van der Waals surface area contributed by atoms with Crippen molar-refractivity contribution in [3.05, 3.63) is 46.5 Å². The molecular weight excluding hydrogens is 399 g/mol. The van der Waals surface area contributed by atoms with Gasteiger partial charge in [-0.15, -0.1) is 11.3 Å². The number of anilines is 1. The third-order valence-corrected chi connectivity index (χ3v) is 5.81. The third kappa shape index (κ3) is 5.85. The summed E-state index contributed by atoms with van der Waals surface area (Å²) in [6.07, 6.45) is -1.06. The molecule has 0 saturated carbocycles. The molecule has 0 unspecified atom stereocenters. The fourth-order valence-electron chi connectivity index (χ4n) is 3.30. The van der Waals surface area contributed by atoms with Gasteiger partial charge >= 0.3 is 6.18 Å². The Balaban J connectivity index is 1.48. The molecule has 5 nitrogen and oxygen atoms in total. The van der Waals surface area contributed by atoms with Gasteiger partial charge in [0.25, 0.3) is 0 Å². The van der Waals surface area contributed by atoms with Gasteiger partial charge in [-0.25, -0.2) is 4.98 Å². The Labute approximate surface area is 173 Å². The van der Waals surface area contributed by atoms with Crippen molar-refractivity contribution in [3.8, 4) is 0 Å². The molecule has 1 aliphatic heterocycles. The van der Waals surface area contributed by atoms with Crippen LogP contribution in [-0.2, 0) is 19.1 Å². The van der Waals surface area contributed by atoms with Gasteiger partial charge in [-0.3, -0.25) is 4.99 Å². The van der Waals surface area contributed by atoms with E-state index in [0.29, 0.717) is 19.0 Å². The zero-order valence-corrected chi connectivity index (χ0v) is 17.5. The van der Waals surface area contributed by atoms with Crippen LogP contribution in [0.5, 0.6) is 0 Å². The normalized spacial score (nSPS) is 15.1. The second-order valence-electron chi connectivity index (χ2n) is 7.09. The minimum atomic E-state index is -4.31. The van der Waals surface area contributed by atoms with E-state index in [2.05, 4.69) is 20.6 Å². The van der Waals surface area contributed by atoms with Gasteiger partial charge in [0, 0.05) is 52.1 Å². The van der Waals surface area contributed by atoms with Gasteiger partial charge in [-0.1, -0.05) is 12.1 Å². The van der Waals surface area contributed by atoms with E-state index in [1.165, 1.54) is 25.0 Å². The average molecular weight is 426 g/mol. The standard InChI is InChI=1S/C20H26F3N5S/c1-24-18(27(2)13-15-5-7-16(8-6-15)20(21,22)23)25-10-9-17-14-29-19(26-17)28-11-3-4-12-28/h5-8,14H,3-4,9-13H2,1-2H3,(H,24,25). The Morgan fingerprint density at radius 1 is 1.24 bits per heavy atom. The Hall–Kier alpha value is -2.29. The van der Waals surface area contributed by atoms with E-state index in [1.54, 1.807) is 18.4 Å². The van der Waals surface area contributed by atoms with Crippen LogP contribution in [0.2, 0.25) is 0 Å². The molecule has 1 N–H and O–H groups in total. The van der Waals surface area contributed by atoms with E-state index in [-0.39, 0.29) is 0 Å². The summed E-state index contributed by atoms with van der Waals surface area (Å²) in [5.74, 6) is 0.694. The zero-order valence-electron chi connectivity index (χ0n) is 16.7. The van der Waals surface area contributed by atoms with Crippen LogP contribution in [-0.4, -0.2) is 49.6 Å². The second-order valence-corrected chi connectivity index (χ2v) is 7.93. The topological polar surface area (TPSA) is 43.8 Å². The molecule has 1 saturated heterocycles. The monoisotopic (exact) mass is 425 g/mol. The van der Waals surface area contributed by atoms with Crippen LogP contribution < -0.4 is 10.2 Å². The van der Waals surface area contributed by atoms with Crippen LogP contribution >= 0.6 is 11.3 Å². The number of aliphatic imine (C=N–C) groups is 1. The van der Waals surface area contributed by atoms with Crippen LogP contribution in [0, 0.1) is 0 Å². The van der Waals surface area contributed by atoms with Crippen molar-refractivity contribution in [1.29, 1.82) is 0 Å². The number of hydrogen-bond acceptors (Lipinski definition) is 4. The molecule has 0 bridgehead atoms. The predicted octanol–water partition coefficient (Wildman–Crippen LogP) is 4.01. The summed E-state index contributed by atoms with van der Waals surface area (Å²) in [6.45, 7) is 3.33. The van der Waals surface area contributed by atoms with Gasteiger partial charge in [0.2, 0.25) is 0 Å². The first-order chi connectivity index (χ1) is 13.9. The van der Waals surface area contributed by atoms with Crippen molar-refractivity contribution in [1.82, 2.24) is 15.2 Å². The molecule has 0 atom stereocenters. The van der Waals surface area contributed by atoms with Gasteiger partial charge in [-0.05, 0) is 30.5 Å².